The summed E-state index contributed by atoms with van der Waals surface area (Å²) in [5.41, 5.74) is 4.98. The highest BCUT2D eigenvalue weighted by Gasteiger charge is 1.95. The molecule has 0 fully saturated rings. The predicted octanol–water partition coefficient (Wildman–Crippen LogP) is 6.61. The molecule has 0 aliphatic rings. The van der Waals surface area contributed by atoms with Gasteiger partial charge in [-0.3, -0.25) is 0 Å². The first kappa shape index (κ1) is 20.1. The molecule has 2 rings (SSSR count). The second-order valence-electron chi connectivity index (χ2n) is 6.89. The third-order valence-electron chi connectivity index (χ3n) is 4.58. The zero-order valence-electron chi connectivity index (χ0n) is 16.3. The molecular formula is C24H32N2. The molecule has 2 aromatic carbocycles. The molecular weight excluding hydrogens is 316 g/mol. The van der Waals surface area contributed by atoms with Gasteiger partial charge >= 0.3 is 0 Å². The van der Waals surface area contributed by atoms with Crippen LogP contribution in [-0.2, 0) is 12.8 Å². The maximum atomic E-state index is 4.17. The Morgan fingerprint density at radius 2 is 1.04 bits per heavy atom. The van der Waals surface area contributed by atoms with Crippen molar-refractivity contribution in [2.45, 2.75) is 65.2 Å². The van der Waals surface area contributed by atoms with E-state index in [1.807, 2.05) is 12.4 Å². The molecule has 0 N–H and O–H groups in total. The van der Waals surface area contributed by atoms with Gasteiger partial charge in [-0.05, 0) is 47.9 Å². The van der Waals surface area contributed by atoms with Gasteiger partial charge in [-0.1, -0.05) is 88.1 Å². The van der Waals surface area contributed by atoms with E-state index in [4.69, 9.17) is 0 Å². The van der Waals surface area contributed by atoms with E-state index in [1.54, 1.807) is 0 Å². The van der Waals surface area contributed by atoms with Crippen LogP contribution in [0.3, 0.4) is 0 Å². The van der Waals surface area contributed by atoms with E-state index >= 15 is 0 Å². The van der Waals surface area contributed by atoms with Gasteiger partial charge in [-0.25, -0.2) is 0 Å². The van der Waals surface area contributed by atoms with Crippen molar-refractivity contribution in [1.82, 2.24) is 0 Å². The first-order valence-corrected chi connectivity index (χ1v) is 10.1. The van der Waals surface area contributed by atoms with Crippen LogP contribution >= 0.6 is 0 Å². The Bertz CT molecular complexity index is 666. The molecule has 26 heavy (non-hydrogen) atoms. The van der Waals surface area contributed by atoms with Crippen molar-refractivity contribution in [2.24, 2.45) is 10.2 Å². The molecule has 0 saturated heterocycles. The second-order valence-corrected chi connectivity index (χ2v) is 6.89. The molecule has 0 radical (unpaired) electrons. The fourth-order valence-electron chi connectivity index (χ4n) is 2.88. The van der Waals surface area contributed by atoms with Crippen molar-refractivity contribution in [3.8, 4) is 0 Å². The Kier molecular flexibility index (Phi) is 9.42. The molecule has 0 aliphatic heterocycles. The summed E-state index contributed by atoms with van der Waals surface area (Å²) in [6.45, 7) is 4.47. The number of benzene rings is 2. The van der Waals surface area contributed by atoms with Gasteiger partial charge in [-0.15, -0.1) is 0 Å². The van der Waals surface area contributed by atoms with Crippen LogP contribution in [0.4, 0.5) is 0 Å². The lowest BCUT2D eigenvalue weighted by molar-refractivity contribution is 0.667. The summed E-state index contributed by atoms with van der Waals surface area (Å²) < 4.78 is 0. The molecule has 0 spiro atoms. The first-order chi connectivity index (χ1) is 12.8. The highest BCUT2D eigenvalue weighted by atomic mass is 15.2. The van der Waals surface area contributed by atoms with E-state index in [0.717, 1.165) is 17.5 Å². The lowest BCUT2D eigenvalue weighted by Gasteiger charge is -2.01. The molecule has 0 saturated carbocycles. The van der Waals surface area contributed by atoms with E-state index < -0.39 is 0 Å². The van der Waals surface area contributed by atoms with Crippen LogP contribution in [-0.4, -0.2) is 12.4 Å². The largest absolute Gasteiger partial charge is 0.159 e. The van der Waals surface area contributed by atoms with Crippen LogP contribution in [0.5, 0.6) is 0 Å². The van der Waals surface area contributed by atoms with Gasteiger partial charge in [0.1, 0.15) is 0 Å². The van der Waals surface area contributed by atoms with Crippen molar-refractivity contribution in [3.63, 3.8) is 0 Å². The van der Waals surface area contributed by atoms with Gasteiger partial charge in [-0.2, -0.15) is 10.2 Å². The van der Waals surface area contributed by atoms with Gasteiger partial charge < -0.3 is 0 Å². The molecule has 0 aliphatic carbocycles. The van der Waals surface area contributed by atoms with Crippen molar-refractivity contribution in [3.05, 3.63) is 70.8 Å². The lowest BCUT2D eigenvalue weighted by atomic mass is 10.1. The summed E-state index contributed by atoms with van der Waals surface area (Å²) in [5, 5.41) is 8.34. The summed E-state index contributed by atoms with van der Waals surface area (Å²) >= 11 is 0. The number of unbranched alkanes of at least 4 members (excludes halogenated alkanes) is 4. The number of rotatable bonds is 11. The Morgan fingerprint density at radius 3 is 1.50 bits per heavy atom. The van der Waals surface area contributed by atoms with Crippen LogP contribution in [0.25, 0.3) is 0 Å². The third-order valence-corrected chi connectivity index (χ3v) is 4.58. The molecule has 0 bridgehead atoms. The third kappa shape index (κ3) is 7.77. The highest BCUT2D eigenvalue weighted by Crippen LogP contribution is 2.09. The summed E-state index contributed by atoms with van der Waals surface area (Å²) in [7, 11) is 0. The topological polar surface area (TPSA) is 24.7 Å². The Morgan fingerprint density at radius 1 is 0.577 bits per heavy atom. The number of hydrogen-bond donors (Lipinski definition) is 0. The van der Waals surface area contributed by atoms with Crippen LogP contribution in [0, 0.1) is 0 Å². The Balaban J connectivity index is 1.79. The maximum Gasteiger partial charge on any atom is 0.0568 e. The van der Waals surface area contributed by atoms with Crippen molar-refractivity contribution >= 4 is 12.4 Å². The molecule has 2 aromatic rings. The zero-order valence-corrected chi connectivity index (χ0v) is 16.3. The molecule has 0 heterocycles. The quantitative estimate of drug-likeness (QED) is 0.248. The zero-order chi connectivity index (χ0) is 18.5. The van der Waals surface area contributed by atoms with Crippen LogP contribution in [0.1, 0.15) is 74.6 Å². The Hall–Kier alpha value is -2.22. The van der Waals surface area contributed by atoms with Crippen LogP contribution in [0.2, 0.25) is 0 Å². The summed E-state index contributed by atoms with van der Waals surface area (Å²) in [4.78, 5) is 0. The number of aryl methyl sites for hydroxylation is 2. The van der Waals surface area contributed by atoms with Gasteiger partial charge in [0.15, 0.2) is 0 Å². The molecule has 0 aromatic heterocycles. The molecule has 0 unspecified atom stereocenters. The smallest absolute Gasteiger partial charge is 0.0568 e. The van der Waals surface area contributed by atoms with Gasteiger partial charge in [0.25, 0.3) is 0 Å². The standard InChI is InChI=1S/C24H32N2/c1-3-5-7-8-10-22-13-17-24(18-14-22)20-26-25-19-23-15-11-21(12-16-23)9-6-4-2/h11-20H,3-10H2,1-2H3. The van der Waals surface area contributed by atoms with Crippen molar-refractivity contribution < 1.29 is 0 Å². The molecule has 0 atom stereocenters. The molecule has 138 valence electrons. The minimum absolute atomic E-state index is 1.09. The van der Waals surface area contributed by atoms with Crippen molar-refractivity contribution in [2.75, 3.05) is 0 Å². The minimum Gasteiger partial charge on any atom is -0.159 e. The fourth-order valence-corrected chi connectivity index (χ4v) is 2.88. The molecule has 2 heteroatoms. The monoisotopic (exact) mass is 348 g/mol. The Labute approximate surface area is 159 Å². The van der Waals surface area contributed by atoms with Crippen molar-refractivity contribution in [1.29, 1.82) is 0 Å². The number of hydrogen-bond acceptors (Lipinski definition) is 2. The normalized spacial score (nSPS) is 11.6. The predicted molar refractivity (Wildman–Crippen MR) is 115 cm³/mol. The molecule has 0 amide bonds. The minimum atomic E-state index is 1.09. The van der Waals surface area contributed by atoms with Gasteiger partial charge in [0, 0.05) is 0 Å². The van der Waals surface area contributed by atoms with Crippen LogP contribution in [0.15, 0.2) is 58.7 Å². The molecule has 2 nitrogen and oxygen atoms in total. The summed E-state index contributed by atoms with van der Waals surface area (Å²) in [5.74, 6) is 0. The number of nitrogens with zero attached hydrogens (tertiary/aromatic N) is 2. The highest BCUT2D eigenvalue weighted by molar-refractivity contribution is 5.82. The van der Waals surface area contributed by atoms with E-state index in [1.165, 1.54) is 56.1 Å². The summed E-state index contributed by atoms with van der Waals surface area (Å²) in [6.07, 6.45) is 13.7. The maximum absolute atomic E-state index is 4.17. The van der Waals surface area contributed by atoms with E-state index in [-0.39, 0.29) is 0 Å². The SMILES string of the molecule is CCCCCCc1ccc(C=NN=Cc2ccc(CCCC)cc2)cc1. The second kappa shape index (κ2) is 12.2. The van der Waals surface area contributed by atoms with Gasteiger partial charge in [0.05, 0.1) is 12.4 Å². The fraction of sp³-hybridized carbons (Fsp3) is 0.417. The van der Waals surface area contributed by atoms with E-state index in [9.17, 15) is 0 Å². The summed E-state index contributed by atoms with van der Waals surface area (Å²) in [6, 6.07) is 17.2. The van der Waals surface area contributed by atoms with Crippen LogP contribution < -0.4 is 0 Å². The lowest BCUT2D eigenvalue weighted by Crippen LogP contribution is -1.88. The average Bonchev–Trinajstić information content (AvgIpc) is 2.69. The van der Waals surface area contributed by atoms with Gasteiger partial charge in [0.2, 0.25) is 0 Å². The van der Waals surface area contributed by atoms with E-state index in [0.29, 0.717) is 0 Å². The first-order valence-electron chi connectivity index (χ1n) is 10.1. The average molecular weight is 349 g/mol. The van der Waals surface area contributed by atoms with E-state index in [2.05, 4.69) is 72.6 Å².